The summed E-state index contributed by atoms with van der Waals surface area (Å²) in [5.41, 5.74) is 1.21. The van der Waals surface area contributed by atoms with E-state index in [-0.39, 0.29) is 12.2 Å². The van der Waals surface area contributed by atoms with Crippen LogP contribution in [0.25, 0.3) is 0 Å². The van der Waals surface area contributed by atoms with Crippen LogP contribution < -0.4 is 5.56 Å². The molecule has 1 N–H and O–H groups in total. The number of aryl methyl sites for hydroxylation is 2. The molecule has 0 atom stereocenters. The first kappa shape index (κ1) is 8.01. The number of hydrogen-bond acceptors (Lipinski definition) is 2. The number of rotatable bonds is 1. The maximum atomic E-state index is 11.2. The van der Waals surface area contributed by atoms with Crippen LogP contribution in [0.4, 0.5) is 0 Å². The van der Waals surface area contributed by atoms with Gasteiger partial charge in [0.25, 0.3) is 5.56 Å². The Morgan fingerprint density at radius 1 is 1.64 bits per heavy atom. The molecule has 0 fully saturated rings. The second-order valence-corrected chi connectivity index (χ2v) is 2.55. The van der Waals surface area contributed by atoms with Gasteiger partial charge >= 0.3 is 0 Å². The van der Waals surface area contributed by atoms with E-state index in [1.165, 1.54) is 4.57 Å². The lowest BCUT2D eigenvalue weighted by Crippen LogP contribution is -2.21. The van der Waals surface area contributed by atoms with Gasteiger partial charge in [0.2, 0.25) is 0 Å². The minimum Gasteiger partial charge on any atom is -0.391 e. The number of pyridine rings is 1. The Balaban J connectivity index is 3.41. The highest BCUT2D eigenvalue weighted by molar-refractivity contribution is 5.21. The Labute approximate surface area is 64.9 Å². The third-order valence-electron chi connectivity index (χ3n) is 1.76. The summed E-state index contributed by atoms with van der Waals surface area (Å²) in [6, 6.07) is 1.81. The van der Waals surface area contributed by atoms with E-state index in [2.05, 4.69) is 0 Å². The van der Waals surface area contributed by atoms with Crippen LogP contribution in [0.15, 0.2) is 17.1 Å². The number of aliphatic hydroxyl groups is 1. The summed E-state index contributed by atoms with van der Waals surface area (Å²) >= 11 is 0. The molecule has 0 amide bonds. The number of aromatic nitrogens is 1. The van der Waals surface area contributed by atoms with Crippen molar-refractivity contribution >= 4 is 0 Å². The van der Waals surface area contributed by atoms with E-state index in [0.29, 0.717) is 5.56 Å². The third kappa shape index (κ3) is 1.33. The molecule has 0 radical (unpaired) electrons. The summed E-state index contributed by atoms with van der Waals surface area (Å²) in [4.78, 5) is 11.2. The Morgan fingerprint density at radius 2 is 2.27 bits per heavy atom. The summed E-state index contributed by atoms with van der Waals surface area (Å²) in [5, 5.41) is 8.81. The highest BCUT2D eigenvalue weighted by atomic mass is 16.3. The summed E-state index contributed by atoms with van der Waals surface area (Å²) in [5.74, 6) is 0. The average molecular weight is 153 g/mol. The predicted octanol–water partition coefficient (Wildman–Crippen LogP) is 0.186. The zero-order valence-electron chi connectivity index (χ0n) is 6.66. The smallest absolute Gasteiger partial charge is 0.256 e. The van der Waals surface area contributed by atoms with Crippen LogP contribution in [-0.2, 0) is 13.7 Å². The Kier molecular flexibility index (Phi) is 2.10. The van der Waals surface area contributed by atoms with Crippen LogP contribution in [-0.4, -0.2) is 9.67 Å². The first-order chi connectivity index (χ1) is 5.16. The first-order valence-electron chi connectivity index (χ1n) is 3.42. The van der Waals surface area contributed by atoms with Crippen LogP contribution in [0.5, 0.6) is 0 Å². The van der Waals surface area contributed by atoms with Crippen molar-refractivity contribution in [1.29, 1.82) is 0 Å². The quantitative estimate of drug-likeness (QED) is 0.625. The van der Waals surface area contributed by atoms with Crippen molar-refractivity contribution in [1.82, 2.24) is 4.57 Å². The molecule has 1 aromatic heterocycles. The SMILES string of the molecule is Cc1ccn(C)c(=O)c1CO. The van der Waals surface area contributed by atoms with Crippen molar-refractivity contribution in [2.45, 2.75) is 13.5 Å². The zero-order valence-corrected chi connectivity index (χ0v) is 6.66. The maximum Gasteiger partial charge on any atom is 0.256 e. The Bertz CT molecular complexity index is 314. The molecule has 11 heavy (non-hydrogen) atoms. The molecule has 60 valence electrons. The molecule has 1 heterocycles. The van der Waals surface area contributed by atoms with Gasteiger partial charge in [-0.3, -0.25) is 4.79 Å². The van der Waals surface area contributed by atoms with Gasteiger partial charge in [-0.25, -0.2) is 0 Å². The molecule has 3 nitrogen and oxygen atoms in total. The normalized spacial score (nSPS) is 10.1. The van der Waals surface area contributed by atoms with Gasteiger partial charge in [-0.1, -0.05) is 0 Å². The average Bonchev–Trinajstić information content (AvgIpc) is 1.99. The third-order valence-corrected chi connectivity index (χ3v) is 1.76. The van der Waals surface area contributed by atoms with Crippen LogP contribution in [0.3, 0.4) is 0 Å². The van der Waals surface area contributed by atoms with Gasteiger partial charge in [0.1, 0.15) is 0 Å². The molecule has 0 bridgehead atoms. The molecule has 0 aliphatic rings. The molecule has 0 spiro atoms. The van der Waals surface area contributed by atoms with Crippen LogP contribution in [0.2, 0.25) is 0 Å². The lowest BCUT2D eigenvalue weighted by molar-refractivity contribution is 0.278. The largest absolute Gasteiger partial charge is 0.391 e. The van der Waals surface area contributed by atoms with Crippen molar-refractivity contribution in [3.05, 3.63) is 33.7 Å². The monoisotopic (exact) mass is 153 g/mol. The number of aliphatic hydroxyl groups excluding tert-OH is 1. The van der Waals surface area contributed by atoms with Gasteiger partial charge in [0, 0.05) is 18.8 Å². The van der Waals surface area contributed by atoms with Crippen LogP contribution in [0.1, 0.15) is 11.1 Å². The topological polar surface area (TPSA) is 42.2 Å². The molecule has 0 aliphatic heterocycles. The van der Waals surface area contributed by atoms with Crippen molar-refractivity contribution in [2.24, 2.45) is 7.05 Å². The molecule has 1 rings (SSSR count). The first-order valence-corrected chi connectivity index (χ1v) is 3.42. The van der Waals surface area contributed by atoms with Crippen LogP contribution >= 0.6 is 0 Å². The van der Waals surface area contributed by atoms with Gasteiger partial charge in [-0.15, -0.1) is 0 Å². The minimum atomic E-state index is -0.181. The van der Waals surface area contributed by atoms with E-state index >= 15 is 0 Å². The van der Waals surface area contributed by atoms with Crippen molar-refractivity contribution in [3.63, 3.8) is 0 Å². The predicted molar refractivity (Wildman–Crippen MR) is 42.3 cm³/mol. The molecule has 0 saturated heterocycles. The lowest BCUT2D eigenvalue weighted by Gasteiger charge is -2.02. The fraction of sp³-hybridized carbons (Fsp3) is 0.375. The van der Waals surface area contributed by atoms with Crippen LogP contribution in [0, 0.1) is 6.92 Å². The summed E-state index contributed by atoms with van der Waals surface area (Å²) in [6.45, 7) is 1.63. The van der Waals surface area contributed by atoms with Gasteiger partial charge in [0.05, 0.1) is 6.61 Å². The lowest BCUT2D eigenvalue weighted by atomic mass is 10.2. The summed E-state index contributed by atoms with van der Waals surface area (Å²) in [6.07, 6.45) is 1.69. The molecule has 0 aliphatic carbocycles. The fourth-order valence-corrected chi connectivity index (χ4v) is 0.966. The van der Waals surface area contributed by atoms with E-state index < -0.39 is 0 Å². The van der Waals surface area contributed by atoms with E-state index in [0.717, 1.165) is 5.56 Å². The zero-order chi connectivity index (χ0) is 8.43. The number of hydrogen-bond donors (Lipinski definition) is 1. The highest BCUT2D eigenvalue weighted by Gasteiger charge is 2.02. The maximum absolute atomic E-state index is 11.2. The second-order valence-electron chi connectivity index (χ2n) is 2.55. The van der Waals surface area contributed by atoms with Gasteiger partial charge in [-0.2, -0.15) is 0 Å². The molecular weight excluding hydrogens is 142 g/mol. The summed E-state index contributed by atoms with van der Waals surface area (Å²) in [7, 11) is 1.67. The van der Waals surface area contributed by atoms with E-state index in [4.69, 9.17) is 5.11 Å². The second kappa shape index (κ2) is 2.88. The minimum absolute atomic E-state index is 0.118. The summed E-state index contributed by atoms with van der Waals surface area (Å²) < 4.78 is 1.46. The van der Waals surface area contributed by atoms with E-state index in [1.54, 1.807) is 13.2 Å². The standard InChI is InChI=1S/C8H11NO2/c1-6-3-4-9(2)8(11)7(6)5-10/h3-4,10H,5H2,1-2H3. The molecular formula is C8H11NO2. The Morgan fingerprint density at radius 3 is 2.73 bits per heavy atom. The highest BCUT2D eigenvalue weighted by Crippen LogP contribution is 1.99. The molecule has 3 heteroatoms. The Hall–Kier alpha value is -1.09. The number of nitrogens with zero attached hydrogens (tertiary/aromatic N) is 1. The van der Waals surface area contributed by atoms with Crippen molar-refractivity contribution in [3.8, 4) is 0 Å². The van der Waals surface area contributed by atoms with Gasteiger partial charge in [-0.05, 0) is 18.6 Å². The van der Waals surface area contributed by atoms with Crippen molar-refractivity contribution < 1.29 is 5.11 Å². The molecule has 0 saturated carbocycles. The molecule has 0 unspecified atom stereocenters. The molecule has 1 aromatic rings. The van der Waals surface area contributed by atoms with Gasteiger partial charge in [0.15, 0.2) is 0 Å². The van der Waals surface area contributed by atoms with E-state index in [9.17, 15) is 4.79 Å². The fourth-order valence-electron chi connectivity index (χ4n) is 0.966. The van der Waals surface area contributed by atoms with Crippen molar-refractivity contribution in [2.75, 3.05) is 0 Å². The van der Waals surface area contributed by atoms with Gasteiger partial charge < -0.3 is 9.67 Å². The van der Waals surface area contributed by atoms with E-state index in [1.807, 2.05) is 13.0 Å². The molecule has 0 aromatic carbocycles.